The first-order chi connectivity index (χ1) is 8.34. The third-order valence-corrected chi connectivity index (χ3v) is 3.54. The standard InChI is InChI=1S/C13H17N3O/c17-13(16-8-2-1-3-9-16)12-7-6-11(14-15-12)10-4-5-10/h6-7,10H,1-5,8-9H2. The van der Waals surface area contributed by atoms with Gasteiger partial charge in [-0.3, -0.25) is 4.79 Å². The lowest BCUT2D eigenvalue weighted by Crippen LogP contribution is -2.36. The summed E-state index contributed by atoms with van der Waals surface area (Å²) in [6.07, 6.45) is 5.89. The van der Waals surface area contributed by atoms with Crippen molar-refractivity contribution in [3.63, 3.8) is 0 Å². The van der Waals surface area contributed by atoms with Gasteiger partial charge in [0.25, 0.3) is 5.91 Å². The molecule has 3 rings (SSSR count). The normalized spacial score (nSPS) is 20.4. The predicted octanol–water partition coefficient (Wildman–Crippen LogP) is 1.98. The molecule has 1 aromatic rings. The molecule has 0 radical (unpaired) electrons. The van der Waals surface area contributed by atoms with E-state index in [0.29, 0.717) is 11.6 Å². The molecule has 2 heterocycles. The lowest BCUT2D eigenvalue weighted by Gasteiger charge is -2.26. The van der Waals surface area contributed by atoms with Crippen LogP contribution in [0.5, 0.6) is 0 Å². The summed E-state index contributed by atoms with van der Waals surface area (Å²) in [6, 6.07) is 3.79. The van der Waals surface area contributed by atoms with E-state index in [-0.39, 0.29) is 5.91 Å². The van der Waals surface area contributed by atoms with Gasteiger partial charge in [0.15, 0.2) is 5.69 Å². The van der Waals surface area contributed by atoms with Crippen LogP contribution in [0.15, 0.2) is 12.1 Å². The van der Waals surface area contributed by atoms with Crippen LogP contribution in [0.25, 0.3) is 0 Å². The number of hydrogen-bond acceptors (Lipinski definition) is 3. The number of aromatic nitrogens is 2. The highest BCUT2D eigenvalue weighted by molar-refractivity contribution is 5.92. The van der Waals surface area contributed by atoms with Crippen LogP contribution in [-0.2, 0) is 0 Å². The number of nitrogens with zero attached hydrogens (tertiary/aromatic N) is 3. The first-order valence-corrected chi connectivity index (χ1v) is 6.47. The van der Waals surface area contributed by atoms with Gasteiger partial charge in [-0.05, 0) is 44.2 Å². The second-order valence-electron chi connectivity index (χ2n) is 4.97. The lowest BCUT2D eigenvalue weighted by molar-refractivity contribution is 0.0717. The van der Waals surface area contributed by atoms with E-state index in [4.69, 9.17) is 0 Å². The van der Waals surface area contributed by atoms with Gasteiger partial charge in [0, 0.05) is 19.0 Å². The Hall–Kier alpha value is -1.45. The average molecular weight is 231 g/mol. The van der Waals surface area contributed by atoms with E-state index in [1.165, 1.54) is 19.3 Å². The Balaban J connectivity index is 1.71. The number of rotatable bonds is 2. The monoisotopic (exact) mass is 231 g/mol. The van der Waals surface area contributed by atoms with Crippen molar-refractivity contribution in [1.29, 1.82) is 0 Å². The second kappa shape index (κ2) is 4.43. The molecule has 0 spiro atoms. The van der Waals surface area contributed by atoms with Crippen LogP contribution in [0.3, 0.4) is 0 Å². The zero-order valence-corrected chi connectivity index (χ0v) is 9.93. The van der Waals surface area contributed by atoms with E-state index in [1.807, 2.05) is 17.0 Å². The third-order valence-electron chi connectivity index (χ3n) is 3.54. The van der Waals surface area contributed by atoms with Gasteiger partial charge in [-0.1, -0.05) is 0 Å². The second-order valence-corrected chi connectivity index (χ2v) is 4.97. The molecule has 4 heteroatoms. The summed E-state index contributed by atoms with van der Waals surface area (Å²) < 4.78 is 0. The summed E-state index contributed by atoms with van der Waals surface area (Å²) in [5.41, 5.74) is 1.54. The molecule has 1 saturated heterocycles. The first-order valence-electron chi connectivity index (χ1n) is 6.47. The van der Waals surface area contributed by atoms with E-state index in [9.17, 15) is 4.79 Å². The number of carbonyl (C=O) groups excluding carboxylic acids is 1. The van der Waals surface area contributed by atoms with E-state index in [0.717, 1.165) is 31.6 Å². The van der Waals surface area contributed by atoms with Crippen LogP contribution in [0.4, 0.5) is 0 Å². The molecule has 0 unspecified atom stereocenters. The lowest BCUT2D eigenvalue weighted by atomic mass is 10.1. The molecule has 0 N–H and O–H groups in total. The fraction of sp³-hybridized carbons (Fsp3) is 0.615. The molecule has 1 amide bonds. The molecule has 2 fully saturated rings. The molecule has 0 atom stereocenters. The molecular formula is C13H17N3O. The quantitative estimate of drug-likeness (QED) is 0.782. The average Bonchev–Trinajstić information content (AvgIpc) is 3.24. The van der Waals surface area contributed by atoms with E-state index >= 15 is 0 Å². The molecule has 1 aliphatic carbocycles. The minimum Gasteiger partial charge on any atom is -0.337 e. The molecular weight excluding hydrogens is 214 g/mol. The molecule has 0 bridgehead atoms. The van der Waals surface area contributed by atoms with Crippen LogP contribution in [0.2, 0.25) is 0 Å². The van der Waals surface area contributed by atoms with Gasteiger partial charge >= 0.3 is 0 Å². The minimum absolute atomic E-state index is 0.0412. The Morgan fingerprint density at radius 2 is 1.88 bits per heavy atom. The molecule has 0 aromatic carbocycles. The van der Waals surface area contributed by atoms with Crippen LogP contribution in [0.1, 0.15) is 54.2 Å². The Morgan fingerprint density at radius 1 is 1.12 bits per heavy atom. The Labute approximate surface area is 101 Å². The minimum atomic E-state index is 0.0412. The molecule has 1 aliphatic heterocycles. The van der Waals surface area contributed by atoms with Gasteiger partial charge in [0.1, 0.15) is 0 Å². The highest BCUT2D eigenvalue weighted by atomic mass is 16.2. The van der Waals surface area contributed by atoms with Crippen molar-refractivity contribution in [1.82, 2.24) is 15.1 Å². The van der Waals surface area contributed by atoms with Crippen molar-refractivity contribution < 1.29 is 4.79 Å². The van der Waals surface area contributed by atoms with Gasteiger partial charge in [-0.25, -0.2) is 0 Å². The number of carbonyl (C=O) groups is 1. The summed E-state index contributed by atoms with van der Waals surface area (Å²) in [4.78, 5) is 14.0. The van der Waals surface area contributed by atoms with Crippen LogP contribution in [-0.4, -0.2) is 34.1 Å². The topological polar surface area (TPSA) is 46.1 Å². The molecule has 1 aromatic heterocycles. The third kappa shape index (κ3) is 2.30. The Kier molecular flexibility index (Phi) is 2.79. The number of likely N-dealkylation sites (tertiary alicyclic amines) is 1. The number of hydrogen-bond donors (Lipinski definition) is 0. The van der Waals surface area contributed by atoms with Crippen molar-refractivity contribution in [3.8, 4) is 0 Å². The maximum atomic E-state index is 12.1. The predicted molar refractivity (Wildman–Crippen MR) is 63.8 cm³/mol. The van der Waals surface area contributed by atoms with Gasteiger partial charge in [0.2, 0.25) is 0 Å². The summed E-state index contributed by atoms with van der Waals surface area (Å²) in [5.74, 6) is 0.640. The van der Waals surface area contributed by atoms with E-state index < -0.39 is 0 Å². The van der Waals surface area contributed by atoms with Gasteiger partial charge in [-0.15, -0.1) is 5.10 Å². The number of piperidine rings is 1. The fourth-order valence-corrected chi connectivity index (χ4v) is 2.31. The van der Waals surface area contributed by atoms with E-state index in [2.05, 4.69) is 10.2 Å². The Morgan fingerprint density at radius 3 is 2.47 bits per heavy atom. The molecule has 4 nitrogen and oxygen atoms in total. The summed E-state index contributed by atoms with van der Waals surface area (Å²) in [5, 5.41) is 8.23. The van der Waals surface area contributed by atoms with Crippen molar-refractivity contribution in [2.45, 2.75) is 38.0 Å². The zero-order valence-electron chi connectivity index (χ0n) is 9.93. The highest BCUT2D eigenvalue weighted by Crippen LogP contribution is 2.38. The van der Waals surface area contributed by atoms with Crippen LogP contribution in [0, 0.1) is 0 Å². The van der Waals surface area contributed by atoms with Crippen LogP contribution < -0.4 is 0 Å². The van der Waals surface area contributed by atoms with Crippen molar-refractivity contribution in [2.75, 3.05) is 13.1 Å². The first kappa shape index (κ1) is 10.7. The molecule has 90 valence electrons. The fourth-order valence-electron chi connectivity index (χ4n) is 2.31. The van der Waals surface area contributed by atoms with Crippen LogP contribution >= 0.6 is 0 Å². The Bertz CT molecular complexity index is 405. The largest absolute Gasteiger partial charge is 0.337 e. The van der Waals surface area contributed by atoms with Gasteiger partial charge < -0.3 is 4.90 Å². The summed E-state index contributed by atoms with van der Waals surface area (Å²) >= 11 is 0. The highest BCUT2D eigenvalue weighted by Gasteiger charge is 2.26. The summed E-state index contributed by atoms with van der Waals surface area (Å²) in [6.45, 7) is 1.73. The SMILES string of the molecule is O=C(c1ccc(C2CC2)nn1)N1CCCCC1. The smallest absolute Gasteiger partial charge is 0.274 e. The molecule has 1 saturated carbocycles. The van der Waals surface area contributed by atoms with Gasteiger partial charge in [-0.2, -0.15) is 5.10 Å². The molecule has 2 aliphatic rings. The van der Waals surface area contributed by atoms with Crippen molar-refractivity contribution in [3.05, 3.63) is 23.5 Å². The maximum absolute atomic E-state index is 12.1. The van der Waals surface area contributed by atoms with E-state index in [1.54, 1.807) is 0 Å². The molecule has 17 heavy (non-hydrogen) atoms. The van der Waals surface area contributed by atoms with Crippen molar-refractivity contribution >= 4 is 5.91 Å². The maximum Gasteiger partial charge on any atom is 0.274 e. The summed E-state index contributed by atoms with van der Waals surface area (Å²) in [7, 11) is 0. The number of amides is 1. The van der Waals surface area contributed by atoms with Crippen molar-refractivity contribution in [2.24, 2.45) is 0 Å². The van der Waals surface area contributed by atoms with Gasteiger partial charge in [0.05, 0.1) is 5.69 Å². The zero-order chi connectivity index (χ0) is 11.7.